The summed E-state index contributed by atoms with van der Waals surface area (Å²) in [6.07, 6.45) is 19.2. The Morgan fingerprint density at radius 1 is 0.607 bits per heavy atom. The predicted octanol–water partition coefficient (Wildman–Crippen LogP) is 7.52. The van der Waals surface area contributed by atoms with Crippen molar-refractivity contribution in [3.8, 4) is 0 Å². The average molecular weight is 411 g/mol. The van der Waals surface area contributed by atoms with Gasteiger partial charge in [-0.3, -0.25) is 4.55 Å². The lowest BCUT2D eigenvalue weighted by molar-refractivity contribution is 0.483. The summed E-state index contributed by atoms with van der Waals surface area (Å²) in [6, 6.07) is 5.45. The van der Waals surface area contributed by atoms with E-state index in [0.717, 1.165) is 36.8 Å². The quantitative estimate of drug-likeness (QED) is 0.213. The number of rotatable bonds is 17. The third kappa shape index (κ3) is 11.9. The van der Waals surface area contributed by atoms with E-state index in [1.165, 1.54) is 77.0 Å². The Labute approximate surface area is 174 Å². The fourth-order valence-electron chi connectivity index (χ4n) is 3.74. The Balaban J connectivity index is 2.49. The van der Waals surface area contributed by atoms with Gasteiger partial charge in [0.25, 0.3) is 10.1 Å². The Morgan fingerprint density at radius 2 is 0.964 bits per heavy atom. The molecule has 0 aliphatic carbocycles. The lowest BCUT2D eigenvalue weighted by Crippen LogP contribution is -2.02. The van der Waals surface area contributed by atoms with Gasteiger partial charge in [-0.2, -0.15) is 8.42 Å². The summed E-state index contributed by atoms with van der Waals surface area (Å²) in [6.45, 7) is 4.46. The summed E-state index contributed by atoms with van der Waals surface area (Å²) in [7, 11) is -4.14. The minimum absolute atomic E-state index is 0.0610. The molecular weight excluding hydrogens is 368 g/mol. The molecule has 0 aliphatic rings. The maximum Gasteiger partial charge on any atom is 0.294 e. The molecule has 1 aromatic rings. The van der Waals surface area contributed by atoms with Crippen molar-refractivity contribution in [3.05, 3.63) is 29.3 Å². The zero-order valence-electron chi connectivity index (χ0n) is 18.2. The van der Waals surface area contributed by atoms with Crippen molar-refractivity contribution in [2.24, 2.45) is 0 Å². The first kappa shape index (κ1) is 25.2. The normalized spacial score (nSPS) is 11.8. The predicted molar refractivity (Wildman–Crippen MR) is 120 cm³/mol. The minimum Gasteiger partial charge on any atom is -0.282 e. The van der Waals surface area contributed by atoms with Crippen LogP contribution < -0.4 is 0 Å². The summed E-state index contributed by atoms with van der Waals surface area (Å²) in [5.74, 6) is 0. The van der Waals surface area contributed by atoms with Crippen LogP contribution >= 0.6 is 0 Å². The van der Waals surface area contributed by atoms with Gasteiger partial charge in [0.2, 0.25) is 0 Å². The molecule has 0 saturated heterocycles. The van der Waals surface area contributed by atoms with Crippen LogP contribution in [0.3, 0.4) is 0 Å². The van der Waals surface area contributed by atoms with Crippen LogP contribution in [0.5, 0.6) is 0 Å². The molecule has 28 heavy (non-hydrogen) atoms. The summed E-state index contributed by atoms with van der Waals surface area (Å²) >= 11 is 0. The molecule has 0 saturated carbocycles. The van der Waals surface area contributed by atoms with Crippen molar-refractivity contribution in [1.82, 2.24) is 0 Å². The largest absolute Gasteiger partial charge is 0.294 e. The molecule has 0 amide bonds. The lowest BCUT2D eigenvalue weighted by atomic mass is 10.00. The van der Waals surface area contributed by atoms with Crippen LogP contribution in [-0.2, 0) is 23.0 Å². The number of aryl methyl sites for hydroxylation is 2. The molecular formula is C24H42O3S. The SMILES string of the molecule is CCCCCCCCCc1cc(CCCCCCCCC)cc(S(=O)(=O)O)c1. The van der Waals surface area contributed by atoms with Crippen molar-refractivity contribution in [3.63, 3.8) is 0 Å². The van der Waals surface area contributed by atoms with Gasteiger partial charge in [-0.25, -0.2) is 0 Å². The fourth-order valence-corrected chi connectivity index (χ4v) is 4.34. The molecule has 1 N–H and O–H groups in total. The molecule has 3 nitrogen and oxygen atoms in total. The molecule has 0 heterocycles. The van der Waals surface area contributed by atoms with Crippen LogP contribution in [0.15, 0.2) is 23.1 Å². The molecule has 0 aromatic heterocycles. The molecule has 0 bridgehead atoms. The molecule has 0 fully saturated rings. The zero-order valence-corrected chi connectivity index (χ0v) is 19.0. The van der Waals surface area contributed by atoms with Crippen LogP contribution in [-0.4, -0.2) is 13.0 Å². The van der Waals surface area contributed by atoms with E-state index in [4.69, 9.17) is 0 Å². The topological polar surface area (TPSA) is 54.4 Å². The van der Waals surface area contributed by atoms with Crippen molar-refractivity contribution in [1.29, 1.82) is 0 Å². The maximum absolute atomic E-state index is 11.6. The zero-order chi connectivity index (χ0) is 20.7. The molecule has 1 aromatic carbocycles. The molecule has 162 valence electrons. The molecule has 1 rings (SSSR count). The Bertz CT molecular complexity index is 586. The molecule has 0 spiro atoms. The van der Waals surface area contributed by atoms with E-state index in [9.17, 15) is 13.0 Å². The van der Waals surface area contributed by atoms with Gasteiger partial charge in [0.1, 0.15) is 0 Å². The number of benzene rings is 1. The second kappa shape index (κ2) is 15.0. The highest BCUT2D eigenvalue weighted by atomic mass is 32.2. The van der Waals surface area contributed by atoms with Crippen LogP contribution in [0.1, 0.15) is 115 Å². The Hall–Kier alpha value is -0.870. The third-order valence-corrected chi connectivity index (χ3v) is 6.29. The van der Waals surface area contributed by atoms with Crippen LogP contribution in [0.25, 0.3) is 0 Å². The van der Waals surface area contributed by atoms with Crippen molar-refractivity contribution in [2.45, 2.75) is 121 Å². The van der Waals surface area contributed by atoms with E-state index >= 15 is 0 Å². The highest BCUT2D eigenvalue weighted by Gasteiger charge is 2.12. The summed E-state index contributed by atoms with van der Waals surface area (Å²) < 4.78 is 32.8. The monoisotopic (exact) mass is 410 g/mol. The van der Waals surface area contributed by atoms with E-state index in [2.05, 4.69) is 19.9 Å². The summed E-state index contributed by atoms with van der Waals surface area (Å²) in [4.78, 5) is 0.0610. The standard InChI is InChI=1S/C24H42O3S/c1-3-5-7-9-11-13-15-17-22-19-23(21-24(20-22)28(25,26)27)18-16-14-12-10-8-6-4-2/h19-21H,3-18H2,1-2H3,(H,25,26,27). The number of hydrogen-bond donors (Lipinski definition) is 1. The van der Waals surface area contributed by atoms with Gasteiger partial charge < -0.3 is 0 Å². The minimum atomic E-state index is -4.14. The highest BCUT2D eigenvalue weighted by molar-refractivity contribution is 7.85. The second-order valence-electron chi connectivity index (χ2n) is 8.20. The maximum atomic E-state index is 11.6. The van der Waals surface area contributed by atoms with E-state index in [1.807, 2.05) is 0 Å². The van der Waals surface area contributed by atoms with Gasteiger partial charge in [-0.15, -0.1) is 0 Å². The fraction of sp³-hybridized carbons (Fsp3) is 0.750. The van der Waals surface area contributed by atoms with E-state index in [-0.39, 0.29) is 4.90 Å². The molecule has 0 radical (unpaired) electrons. The Morgan fingerprint density at radius 3 is 1.32 bits per heavy atom. The van der Waals surface area contributed by atoms with Gasteiger partial charge in [0.15, 0.2) is 0 Å². The first-order chi connectivity index (χ1) is 13.5. The van der Waals surface area contributed by atoms with Crippen molar-refractivity contribution >= 4 is 10.1 Å². The third-order valence-electron chi connectivity index (χ3n) is 5.46. The van der Waals surface area contributed by atoms with Crippen molar-refractivity contribution in [2.75, 3.05) is 0 Å². The van der Waals surface area contributed by atoms with Gasteiger partial charge >= 0.3 is 0 Å². The smallest absolute Gasteiger partial charge is 0.282 e. The van der Waals surface area contributed by atoms with E-state index < -0.39 is 10.1 Å². The summed E-state index contributed by atoms with van der Waals surface area (Å²) in [5, 5.41) is 0. The first-order valence-corrected chi connectivity index (χ1v) is 13.0. The number of hydrogen-bond acceptors (Lipinski definition) is 2. The van der Waals surface area contributed by atoms with Gasteiger partial charge in [-0.05, 0) is 48.9 Å². The van der Waals surface area contributed by atoms with Gasteiger partial charge in [0, 0.05) is 0 Å². The van der Waals surface area contributed by atoms with E-state index in [1.54, 1.807) is 12.1 Å². The van der Waals surface area contributed by atoms with E-state index in [0.29, 0.717) is 0 Å². The summed E-state index contributed by atoms with van der Waals surface area (Å²) in [5.41, 5.74) is 2.09. The number of unbranched alkanes of at least 4 members (excludes halogenated alkanes) is 12. The van der Waals surface area contributed by atoms with Crippen LogP contribution in [0.4, 0.5) is 0 Å². The Kier molecular flexibility index (Phi) is 13.5. The van der Waals surface area contributed by atoms with Gasteiger partial charge in [-0.1, -0.05) is 97.0 Å². The average Bonchev–Trinajstić information content (AvgIpc) is 2.66. The molecule has 0 unspecified atom stereocenters. The highest BCUT2D eigenvalue weighted by Crippen LogP contribution is 2.20. The first-order valence-electron chi connectivity index (χ1n) is 11.6. The van der Waals surface area contributed by atoms with Crippen LogP contribution in [0, 0.1) is 0 Å². The molecule has 0 atom stereocenters. The van der Waals surface area contributed by atoms with Crippen LogP contribution in [0.2, 0.25) is 0 Å². The molecule has 4 heteroatoms. The lowest BCUT2D eigenvalue weighted by Gasteiger charge is -2.09. The molecule has 0 aliphatic heterocycles. The van der Waals surface area contributed by atoms with Crippen molar-refractivity contribution < 1.29 is 13.0 Å². The second-order valence-corrected chi connectivity index (χ2v) is 9.62. The van der Waals surface area contributed by atoms with Gasteiger partial charge in [0.05, 0.1) is 4.90 Å².